The van der Waals surface area contributed by atoms with Crippen LogP contribution in [0, 0.1) is 0 Å². The summed E-state index contributed by atoms with van der Waals surface area (Å²) in [5, 5.41) is 2.49. The summed E-state index contributed by atoms with van der Waals surface area (Å²) in [6, 6.07) is 4.28. The summed E-state index contributed by atoms with van der Waals surface area (Å²) < 4.78 is 44.9. The zero-order valence-corrected chi connectivity index (χ0v) is 12.6. The van der Waals surface area contributed by atoms with Crippen LogP contribution in [0.25, 0.3) is 0 Å². The summed E-state index contributed by atoms with van der Waals surface area (Å²) in [6.45, 7) is 3.49. The minimum absolute atomic E-state index is 0.0529. The van der Waals surface area contributed by atoms with Gasteiger partial charge in [-0.1, -0.05) is 6.07 Å². The highest BCUT2D eigenvalue weighted by atomic mass is 19.4. The van der Waals surface area contributed by atoms with Crippen molar-refractivity contribution in [1.29, 1.82) is 0 Å². The SMILES string of the molecule is CC1(C)CN(C(=O)Nc2ccccn2)C[C@](C)(C(F)(F)F)O1. The van der Waals surface area contributed by atoms with Crippen molar-refractivity contribution in [2.45, 2.75) is 38.1 Å². The van der Waals surface area contributed by atoms with Crippen molar-refractivity contribution in [2.75, 3.05) is 18.4 Å². The van der Waals surface area contributed by atoms with Crippen molar-refractivity contribution in [1.82, 2.24) is 9.88 Å². The Morgan fingerprint density at radius 3 is 2.55 bits per heavy atom. The number of anilines is 1. The van der Waals surface area contributed by atoms with E-state index in [1.54, 1.807) is 18.2 Å². The van der Waals surface area contributed by atoms with E-state index in [-0.39, 0.29) is 12.4 Å². The summed E-state index contributed by atoms with van der Waals surface area (Å²) in [6.07, 6.45) is -3.09. The van der Waals surface area contributed by atoms with Crippen LogP contribution in [0.3, 0.4) is 0 Å². The van der Waals surface area contributed by atoms with E-state index in [1.807, 2.05) is 0 Å². The van der Waals surface area contributed by atoms with Gasteiger partial charge in [0.2, 0.25) is 0 Å². The molecule has 5 nitrogen and oxygen atoms in total. The molecule has 1 fully saturated rings. The van der Waals surface area contributed by atoms with Gasteiger partial charge in [-0.05, 0) is 32.9 Å². The number of carbonyl (C=O) groups is 1. The molecule has 8 heteroatoms. The van der Waals surface area contributed by atoms with Crippen molar-refractivity contribution in [2.24, 2.45) is 0 Å². The number of aromatic nitrogens is 1. The molecule has 1 aromatic rings. The number of nitrogens with zero attached hydrogens (tertiary/aromatic N) is 2. The van der Waals surface area contributed by atoms with Crippen molar-refractivity contribution in [3.05, 3.63) is 24.4 Å². The Kier molecular flexibility index (Phi) is 4.08. The largest absolute Gasteiger partial charge is 0.418 e. The molecule has 0 spiro atoms. The molecule has 0 radical (unpaired) electrons. The van der Waals surface area contributed by atoms with Crippen molar-refractivity contribution in [3.63, 3.8) is 0 Å². The van der Waals surface area contributed by atoms with Gasteiger partial charge < -0.3 is 9.64 Å². The fourth-order valence-electron chi connectivity index (χ4n) is 2.47. The fourth-order valence-corrected chi connectivity index (χ4v) is 2.47. The molecular formula is C14H18F3N3O2. The van der Waals surface area contributed by atoms with E-state index in [2.05, 4.69) is 10.3 Å². The molecule has 1 aliphatic rings. The Bertz CT molecular complexity index is 548. The van der Waals surface area contributed by atoms with E-state index < -0.39 is 30.0 Å². The van der Waals surface area contributed by atoms with Gasteiger partial charge in [-0.3, -0.25) is 5.32 Å². The van der Waals surface area contributed by atoms with Gasteiger partial charge in [-0.15, -0.1) is 0 Å². The zero-order chi connectivity index (χ0) is 16.6. The van der Waals surface area contributed by atoms with E-state index in [0.717, 1.165) is 11.8 Å². The number of ether oxygens (including phenoxy) is 1. The van der Waals surface area contributed by atoms with Crippen LogP contribution >= 0.6 is 0 Å². The number of rotatable bonds is 1. The molecule has 2 amide bonds. The Labute approximate surface area is 126 Å². The lowest BCUT2D eigenvalue weighted by Gasteiger charge is -2.48. The molecule has 1 saturated heterocycles. The quantitative estimate of drug-likeness (QED) is 0.866. The zero-order valence-electron chi connectivity index (χ0n) is 12.6. The maximum atomic E-state index is 13.2. The van der Waals surface area contributed by atoms with Crippen LogP contribution < -0.4 is 5.32 Å². The van der Waals surface area contributed by atoms with Crippen LogP contribution in [0.1, 0.15) is 20.8 Å². The number of pyridine rings is 1. The van der Waals surface area contributed by atoms with Gasteiger partial charge in [0.15, 0.2) is 5.60 Å². The standard InChI is InChI=1S/C14H18F3N3O2/c1-12(2)8-20(9-13(3,22-12)14(15,16)17)11(21)19-10-6-4-5-7-18-10/h4-7H,8-9H2,1-3H3,(H,18,19,21)/t13-/m1/s1. The first-order valence-corrected chi connectivity index (χ1v) is 6.76. The third-order valence-electron chi connectivity index (χ3n) is 3.35. The number of halogens is 3. The Balaban J connectivity index is 2.18. The molecule has 2 rings (SSSR count). The lowest BCUT2D eigenvalue weighted by atomic mass is 9.97. The summed E-state index contributed by atoms with van der Waals surface area (Å²) >= 11 is 0. The maximum Gasteiger partial charge on any atom is 0.418 e. The minimum atomic E-state index is -4.58. The van der Waals surface area contributed by atoms with Crippen LogP contribution in [0.5, 0.6) is 0 Å². The molecule has 1 aromatic heterocycles. The Morgan fingerprint density at radius 2 is 2.00 bits per heavy atom. The van der Waals surface area contributed by atoms with Gasteiger partial charge in [0.05, 0.1) is 18.7 Å². The molecule has 0 aromatic carbocycles. The predicted octanol–water partition coefficient (Wildman–Crippen LogP) is 3.05. The predicted molar refractivity (Wildman–Crippen MR) is 74.5 cm³/mol. The van der Waals surface area contributed by atoms with Crippen LogP contribution in [0.2, 0.25) is 0 Å². The normalized spacial score (nSPS) is 24.9. The second-order valence-corrected chi connectivity index (χ2v) is 6.09. The van der Waals surface area contributed by atoms with Crippen LogP contribution in [0.15, 0.2) is 24.4 Å². The van der Waals surface area contributed by atoms with E-state index in [9.17, 15) is 18.0 Å². The lowest BCUT2D eigenvalue weighted by molar-refractivity contribution is -0.318. The lowest BCUT2D eigenvalue weighted by Crippen LogP contribution is -2.65. The van der Waals surface area contributed by atoms with Crippen molar-refractivity contribution >= 4 is 11.8 Å². The number of hydrogen-bond acceptors (Lipinski definition) is 3. The molecule has 2 heterocycles. The molecule has 1 aliphatic heterocycles. The molecule has 0 bridgehead atoms. The van der Waals surface area contributed by atoms with Gasteiger partial charge in [-0.2, -0.15) is 13.2 Å². The van der Waals surface area contributed by atoms with E-state index in [1.165, 1.54) is 20.0 Å². The average Bonchev–Trinajstić information content (AvgIpc) is 2.36. The first kappa shape index (κ1) is 16.5. The summed E-state index contributed by atoms with van der Waals surface area (Å²) in [5.74, 6) is 0.283. The van der Waals surface area contributed by atoms with Gasteiger partial charge in [-0.25, -0.2) is 9.78 Å². The number of urea groups is 1. The summed E-state index contributed by atoms with van der Waals surface area (Å²) in [7, 11) is 0. The average molecular weight is 317 g/mol. The van der Waals surface area contributed by atoms with Crippen molar-refractivity contribution < 1.29 is 22.7 Å². The number of alkyl halides is 3. The van der Waals surface area contributed by atoms with Crippen LogP contribution in [0.4, 0.5) is 23.8 Å². The monoisotopic (exact) mass is 317 g/mol. The van der Waals surface area contributed by atoms with Crippen LogP contribution in [-0.4, -0.2) is 46.4 Å². The molecule has 1 atom stereocenters. The highest BCUT2D eigenvalue weighted by molar-refractivity contribution is 5.88. The number of carbonyl (C=O) groups excluding carboxylic acids is 1. The molecule has 1 N–H and O–H groups in total. The number of hydrogen-bond donors (Lipinski definition) is 1. The molecular weight excluding hydrogens is 299 g/mol. The van der Waals surface area contributed by atoms with E-state index >= 15 is 0 Å². The Hall–Kier alpha value is -1.83. The maximum absolute atomic E-state index is 13.2. The Morgan fingerprint density at radius 1 is 1.32 bits per heavy atom. The molecule has 22 heavy (non-hydrogen) atoms. The second-order valence-electron chi connectivity index (χ2n) is 6.09. The second kappa shape index (κ2) is 5.42. The fraction of sp³-hybridized carbons (Fsp3) is 0.571. The number of amides is 2. The third kappa shape index (κ3) is 3.49. The first-order valence-electron chi connectivity index (χ1n) is 6.76. The number of nitrogens with one attached hydrogen (secondary N) is 1. The first-order chi connectivity index (χ1) is 10.0. The van der Waals surface area contributed by atoms with Crippen molar-refractivity contribution in [3.8, 4) is 0 Å². The van der Waals surface area contributed by atoms with E-state index in [4.69, 9.17) is 4.74 Å². The number of morpholine rings is 1. The molecule has 0 saturated carbocycles. The van der Waals surface area contributed by atoms with Gasteiger partial charge in [0.1, 0.15) is 5.82 Å². The van der Waals surface area contributed by atoms with E-state index in [0.29, 0.717) is 0 Å². The van der Waals surface area contributed by atoms with Gasteiger partial charge >= 0.3 is 12.2 Å². The van der Waals surface area contributed by atoms with Gasteiger partial charge in [0.25, 0.3) is 0 Å². The molecule has 122 valence electrons. The summed E-state index contributed by atoms with van der Waals surface area (Å²) in [4.78, 5) is 17.2. The molecule has 0 aliphatic carbocycles. The smallest absolute Gasteiger partial charge is 0.356 e. The highest BCUT2D eigenvalue weighted by Gasteiger charge is 2.58. The third-order valence-corrected chi connectivity index (χ3v) is 3.35. The van der Waals surface area contributed by atoms with Gasteiger partial charge in [0, 0.05) is 6.20 Å². The topological polar surface area (TPSA) is 54.5 Å². The highest BCUT2D eigenvalue weighted by Crippen LogP contribution is 2.40. The van der Waals surface area contributed by atoms with Crippen LogP contribution in [-0.2, 0) is 4.74 Å². The minimum Gasteiger partial charge on any atom is -0.356 e. The molecule has 0 unspecified atom stereocenters. The summed E-state index contributed by atoms with van der Waals surface area (Å²) in [5.41, 5.74) is -3.51.